The third kappa shape index (κ3) is 1.95. The summed E-state index contributed by atoms with van der Waals surface area (Å²) in [6.45, 7) is 0. The highest BCUT2D eigenvalue weighted by atomic mass is 16.4. The summed E-state index contributed by atoms with van der Waals surface area (Å²) in [7, 11) is 0. The van der Waals surface area contributed by atoms with Gasteiger partial charge in [-0.15, -0.1) is 0 Å². The predicted molar refractivity (Wildman–Crippen MR) is 58.9 cm³/mol. The molecule has 1 heterocycles. The van der Waals surface area contributed by atoms with Gasteiger partial charge in [0, 0.05) is 18.3 Å². The van der Waals surface area contributed by atoms with Crippen molar-refractivity contribution >= 4 is 17.6 Å². The number of carboxylic acids is 1. The van der Waals surface area contributed by atoms with Crippen LogP contribution in [0.5, 0.6) is 0 Å². The Morgan fingerprint density at radius 2 is 1.88 bits per heavy atom. The van der Waals surface area contributed by atoms with Gasteiger partial charge in [0.1, 0.15) is 0 Å². The van der Waals surface area contributed by atoms with E-state index in [1.165, 1.54) is 11.1 Å². The van der Waals surface area contributed by atoms with Gasteiger partial charge in [0.05, 0.1) is 5.57 Å². The van der Waals surface area contributed by atoms with Crippen molar-refractivity contribution in [1.82, 2.24) is 0 Å². The minimum atomic E-state index is -0.964. The van der Waals surface area contributed by atoms with Gasteiger partial charge in [0.2, 0.25) is 5.91 Å². The largest absolute Gasteiger partial charge is 0.478 e. The smallest absolute Gasteiger partial charge is 0.333 e. The van der Waals surface area contributed by atoms with Gasteiger partial charge in [-0.2, -0.15) is 0 Å². The van der Waals surface area contributed by atoms with E-state index in [0.29, 0.717) is 12.1 Å². The number of para-hydroxylation sites is 1. The van der Waals surface area contributed by atoms with E-state index in [-0.39, 0.29) is 17.9 Å². The fourth-order valence-corrected chi connectivity index (χ4v) is 1.62. The summed E-state index contributed by atoms with van der Waals surface area (Å²) in [5.74, 6) is -1.04. The van der Waals surface area contributed by atoms with E-state index in [4.69, 9.17) is 5.11 Å². The number of hydrogen-bond acceptors (Lipinski definition) is 2. The number of carbonyl (C=O) groups is 2. The zero-order valence-corrected chi connectivity index (χ0v) is 8.59. The Bertz CT molecular complexity index is 451. The summed E-state index contributed by atoms with van der Waals surface area (Å²) in [4.78, 5) is 23.9. The van der Waals surface area contributed by atoms with Crippen molar-refractivity contribution in [3.8, 4) is 0 Å². The molecule has 16 heavy (non-hydrogen) atoms. The lowest BCUT2D eigenvalue weighted by Gasteiger charge is -2.23. The molecular weight excluding hydrogens is 206 g/mol. The van der Waals surface area contributed by atoms with E-state index in [0.717, 1.165) is 0 Å². The number of rotatable bonds is 2. The lowest BCUT2D eigenvalue weighted by molar-refractivity contribution is -0.133. The highest BCUT2D eigenvalue weighted by molar-refractivity contribution is 6.00. The SMILES string of the molecule is O=C(O)C1=CN(c2ccccc2)C(=O)CC1. The molecule has 82 valence electrons. The summed E-state index contributed by atoms with van der Waals surface area (Å²) < 4.78 is 0. The average molecular weight is 217 g/mol. The second-order valence-corrected chi connectivity index (χ2v) is 3.56. The monoisotopic (exact) mass is 217 g/mol. The first-order valence-electron chi connectivity index (χ1n) is 4.99. The van der Waals surface area contributed by atoms with Gasteiger partial charge >= 0.3 is 5.97 Å². The van der Waals surface area contributed by atoms with Crippen molar-refractivity contribution in [3.05, 3.63) is 42.1 Å². The zero-order chi connectivity index (χ0) is 11.5. The minimum absolute atomic E-state index is 0.0730. The first-order valence-corrected chi connectivity index (χ1v) is 4.99. The van der Waals surface area contributed by atoms with E-state index >= 15 is 0 Å². The fraction of sp³-hybridized carbons (Fsp3) is 0.167. The highest BCUT2D eigenvalue weighted by Gasteiger charge is 2.22. The number of carboxylic acid groups (broad SMARTS) is 1. The van der Waals surface area contributed by atoms with Crippen LogP contribution in [-0.2, 0) is 9.59 Å². The third-order valence-electron chi connectivity index (χ3n) is 2.47. The van der Waals surface area contributed by atoms with Crippen molar-refractivity contribution in [2.75, 3.05) is 4.90 Å². The van der Waals surface area contributed by atoms with Crippen molar-refractivity contribution in [1.29, 1.82) is 0 Å². The fourth-order valence-electron chi connectivity index (χ4n) is 1.62. The van der Waals surface area contributed by atoms with Crippen LogP contribution < -0.4 is 4.90 Å². The predicted octanol–water partition coefficient (Wildman–Crippen LogP) is 1.78. The van der Waals surface area contributed by atoms with Gasteiger partial charge in [0.25, 0.3) is 0 Å². The molecule has 1 aliphatic rings. The van der Waals surface area contributed by atoms with Gasteiger partial charge in [-0.25, -0.2) is 4.79 Å². The molecule has 0 aliphatic carbocycles. The number of hydrogen-bond donors (Lipinski definition) is 1. The van der Waals surface area contributed by atoms with Crippen LogP contribution in [0.25, 0.3) is 0 Å². The molecule has 1 N–H and O–H groups in total. The standard InChI is InChI=1S/C12H11NO3/c14-11-7-6-9(12(15)16)8-13(11)10-4-2-1-3-5-10/h1-5,8H,6-7H2,(H,15,16). The van der Waals surface area contributed by atoms with Gasteiger partial charge in [-0.05, 0) is 18.6 Å². The Kier molecular flexibility index (Phi) is 2.72. The normalized spacial score (nSPS) is 15.9. The number of nitrogens with zero attached hydrogens (tertiary/aromatic N) is 1. The lowest BCUT2D eigenvalue weighted by atomic mass is 10.1. The summed E-state index contributed by atoms with van der Waals surface area (Å²) >= 11 is 0. The molecular formula is C12H11NO3. The molecule has 1 amide bonds. The third-order valence-corrected chi connectivity index (χ3v) is 2.47. The van der Waals surface area contributed by atoms with Crippen LogP contribution in [0, 0.1) is 0 Å². The maximum atomic E-state index is 11.7. The van der Waals surface area contributed by atoms with Gasteiger partial charge in [-0.3, -0.25) is 9.69 Å². The van der Waals surface area contributed by atoms with Gasteiger partial charge in [-0.1, -0.05) is 18.2 Å². The topological polar surface area (TPSA) is 57.6 Å². The zero-order valence-electron chi connectivity index (χ0n) is 8.59. The number of aliphatic carboxylic acids is 1. The lowest BCUT2D eigenvalue weighted by Crippen LogP contribution is -2.30. The molecule has 0 radical (unpaired) electrons. The average Bonchev–Trinajstić information content (AvgIpc) is 2.30. The van der Waals surface area contributed by atoms with Crippen LogP contribution in [0.2, 0.25) is 0 Å². The highest BCUT2D eigenvalue weighted by Crippen LogP contribution is 2.22. The van der Waals surface area contributed by atoms with Crippen LogP contribution in [0.4, 0.5) is 5.69 Å². The second-order valence-electron chi connectivity index (χ2n) is 3.56. The van der Waals surface area contributed by atoms with E-state index < -0.39 is 5.97 Å². The Labute approximate surface area is 92.8 Å². The van der Waals surface area contributed by atoms with Crippen LogP contribution >= 0.6 is 0 Å². The molecule has 0 aromatic heterocycles. The summed E-state index contributed by atoms with van der Waals surface area (Å²) in [5.41, 5.74) is 0.967. The van der Waals surface area contributed by atoms with E-state index in [1.807, 2.05) is 18.2 Å². The Morgan fingerprint density at radius 3 is 2.50 bits per heavy atom. The van der Waals surface area contributed by atoms with Crippen LogP contribution in [0.1, 0.15) is 12.8 Å². The number of carbonyl (C=O) groups excluding carboxylic acids is 1. The first kappa shape index (κ1) is 10.4. The van der Waals surface area contributed by atoms with Gasteiger partial charge < -0.3 is 5.11 Å². The van der Waals surface area contributed by atoms with Crippen LogP contribution in [0.3, 0.4) is 0 Å². The minimum Gasteiger partial charge on any atom is -0.478 e. The van der Waals surface area contributed by atoms with E-state index in [9.17, 15) is 9.59 Å². The first-order chi connectivity index (χ1) is 7.68. The Morgan fingerprint density at radius 1 is 1.19 bits per heavy atom. The van der Waals surface area contributed by atoms with E-state index in [1.54, 1.807) is 12.1 Å². The molecule has 1 aliphatic heterocycles. The molecule has 0 saturated carbocycles. The Balaban J connectivity index is 2.35. The number of benzene rings is 1. The molecule has 2 rings (SSSR count). The van der Waals surface area contributed by atoms with Crippen LogP contribution in [0.15, 0.2) is 42.1 Å². The molecule has 4 heteroatoms. The second kappa shape index (κ2) is 4.18. The summed E-state index contributed by atoms with van der Waals surface area (Å²) in [5, 5.41) is 8.88. The molecule has 0 saturated heterocycles. The quantitative estimate of drug-likeness (QED) is 0.821. The van der Waals surface area contributed by atoms with Crippen LogP contribution in [-0.4, -0.2) is 17.0 Å². The van der Waals surface area contributed by atoms with Crippen molar-refractivity contribution in [2.45, 2.75) is 12.8 Å². The van der Waals surface area contributed by atoms with Gasteiger partial charge in [0.15, 0.2) is 0 Å². The van der Waals surface area contributed by atoms with Crippen molar-refractivity contribution < 1.29 is 14.7 Å². The summed E-state index contributed by atoms with van der Waals surface area (Å²) in [6, 6.07) is 9.02. The molecule has 0 unspecified atom stereocenters. The summed E-state index contributed by atoms with van der Waals surface area (Å²) in [6.07, 6.45) is 1.95. The maximum absolute atomic E-state index is 11.7. The molecule has 0 fully saturated rings. The molecule has 1 aromatic carbocycles. The molecule has 0 atom stereocenters. The number of anilines is 1. The molecule has 1 aromatic rings. The molecule has 0 spiro atoms. The number of amides is 1. The van der Waals surface area contributed by atoms with Crippen molar-refractivity contribution in [3.63, 3.8) is 0 Å². The Hall–Kier alpha value is -2.10. The molecule has 0 bridgehead atoms. The van der Waals surface area contributed by atoms with E-state index in [2.05, 4.69) is 0 Å². The maximum Gasteiger partial charge on any atom is 0.333 e. The van der Waals surface area contributed by atoms with Crippen molar-refractivity contribution in [2.24, 2.45) is 0 Å². The molecule has 4 nitrogen and oxygen atoms in total.